The van der Waals surface area contributed by atoms with E-state index in [0.717, 1.165) is 11.3 Å². The molecule has 0 saturated carbocycles. The minimum Gasteiger partial charge on any atom is -0.493 e. The molecule has 0 aliphatic carbocycles. The number of halogens is 1. The van der Waals surface area contributed by atoms with Crippen LogP contribution in [0.5, 0.6) is 11.5 Å². The third-order valence-corrected chi connectivity index (χ3v) is 4.37. The van der Waals surface area contributed by atoms with Crippen LogP contribution >= 0.6 is 11.6 Å². The summed E-state index contributed by atoms with van der Waals surface area (Å²) in [5.74, 6) is 1.44. The molecule has 26 heavy (non-hydrogen) atoms. The molecule has 2 aromatic carbocycles. The highest BCUT2D eigenvalue weighted by Gasteiger charge is 2.20. The van der Waals surface area contributed by atoms with Crippen molar-refractivity contribution >= 4 is 17.5 Å². The quantitative estimate of drug-likeness (QED) is 0.770. The zero-order valence-electron chi connectivity index (χ0n) is 14.7. The number of rotatable bonds is 6. The number of ether oxygens (including phenoxy) is 3. The molecule has 6 heteroatoms. The van der Waals surface area contributed by atoms with Crippen LogP contribution in [0, 0.1) is 0 Å². The maximum atomic E-state index is 12.7. The first kappa shape index (κ1) is 18.5. The normalized spacial score (nSPS) is 14.2. The number of hydrogen-bond acceptors (Lipinski definition) is 4. The van der Waals surface area contributed by atoms with Crippen LogP contribution in [0.3, 0.4) is 0 Å². The second-order valence-electron chi connectivity index (χ2n) is 5.90. The van der Waals surface area contributed by atoms with E-state index in [1.54, 1.807) is 18.2 Å². The first-order valence-corrected chi connectivity index (χ1v) is 9.06. The van der Waals surface area contributed by atoms with Crippen molar-refractivity contribution in [3.05, 3.63) is 58.6 Å². The molecular weight excluding hydrogens is 354 g/mol. The van der Waals surface area contributed by atoms with Crippen molar-refractivity contribution < 1.29 is 19.0 Å². The van der Waals surface area contributed by atoms with E-state index in [1.165, 1.54) is 0 Å². The van der Waals surface area contributed by atoms with Crippen LogP contribution in [0.1, 0.15) is 22.8 Å². The summed E-state index contributed by atoms with van der Waals surface area (Å²) in [6.07, 6.45) is 0. The fourth-order valence-corrected chi connectivity index (χ4v) is 2.89. The molecule has 5 nitrogen and oxygen atoms in total. The Labute approximate surface area is 158 Å². The molecule has 1 heterocycles. The third kappa shape index (κ3) is 4.68. The van der Waals surface area contributed by atoms with Crippen molar-refractivity contribution in [1.82, 2.24) is 4.90 Å². The van der Waals surface area contributed by atoms with Crippen LogP contribution in [0.15, 0.2) is 42.5 Å². The van der Waals surface area contributed by atoms with Gasteiger partial charge in [-0.15, -0.1) is 0 Å². The van der Waals surface area contributed by atoms with Gasteiger partial charge in [-0.2, -0.15) is 0 Å². The number of hydrogen-bond donors (Lipinski definition) is 0. The van der Waals surface area contributed by atoms with Gasteiger partial charge in [0.15, 0.2) is 0 Å². The van der Waals surface area contributed by atoms with Crippen molar-refractivity contribution in [3.8, 4) is 11.5 Å². The van der Waals surface area contributed by atoms with E-state index < -0.39 is 0 Å². The van der Waals surface area contributed by atoms with E-state index in [4.69, 9.17) is 25.8 Å². The van der Waals surface area contributed by atoms with Gasteiger partial charge < -0.3 is 19.1 Å². The molecule has 0 N–H and O–H groups in total. The van der Waals surface area contributed by atoms with Gasteiger partial charge in [0.2, 0.25) is 0 Å². The summed E-state index contributed by atoms with van der Waals surface area (Å²) in [7, 11) is 0. The zero-order valence-corrected chi connectivity index (χ0v) is 15.5. The molecule has 0 unspecified atom stereocenters. The standard InChI is InChI=1S/C20H22ClNO4/c1-2-25-19-8-3-15(20(23)22-9-11-24-12-10-22)13-16(19)14-26-18-6-4-17(21)5-7-18/h3-8,13H,2,9-12,14H2,1H3. The molecule has 0 aromatic heterocycles. The van der Waals surface area contributed by atoms with E-state index in [-0.39, 0.29) is 5.91 Å². The Morgan fingerprint density at radius 2 is 1.85 bits per heavy atom. The van der Waals surface area contributed by atoms with Gasteiger partial charge in [0, 0.05) is 29.2 Å². The predicted octanol–water partition coefficient (Wildman–Crippen LogP) is 3.79. The Hall–Kier alpha value is -2.24. The van der Waals surface area contributed by atoms with Crippen molar-refractivity contribution in [2.24, 2.45) is 0 Å². The number of benzene rings is 2. The maximum absolute atomic E-state index is 12.7. The second-order valence-corrected chi connectivity index (χ2v) is 6.34. The lowest BCUT2D eigenvalue weighted by molar-refractivity contribution is 0.0302. The Morgan fingerprint density at radius 3 is 2.54 bits per heavy atom. The minimum absolute atomic E-state index is 0.00379. The Bertz CT molecular complexity index is 742. The summed E-state index contributed by atoms with van der Waals surface area (Å²) < 4.78 is 16.8. The van der Waals surface area contributed by atoms with Crippen LogP contribution in [0.2, 0.25) is 5.02 Å². The Balaban J connectivity index is 1.76. The van der Waals surface area contributed by atoms with Crippen LogP contribution in [0.25, 0.3) is 0 Å². The van der Waals surface area contributed by atoms with Gasteiger partial charge in [-0.1, -0.05) is 11.6 Å². The highest BCUT2D eigenvalue weighted by molar-refractivity contribution is 6.30. The van der Waals surface area contributed by atoms with Gasteiger partial charge in [-0.3, -0.25) is 4.79 Å². The molecule has 2 aromatic rings. The molecule has 0 radical (unpaired) electrons. The van der Waals surface area contributed by atoms with Crippen LogP contribution in [-0.4, -0.2) is 43.7 Å². The maximum Gasteiger partial charge on any atom is 0.254 e. The lowest BCUT2D eigenvalue weighted by Crippen LogP contribution is -2.40. The van der Waals surface area contributed by atoms with Crippen molar-refractivity contribution in [2.75, 3.05) is 32.9 Å². The van der Waals surface area contributed by atoms with Crippen LogP contribution < -0.4 is 9.47 Å². The minimum atomic E-state index is 0.00379. The lowest BCUT2D eigenvalue weighted by atomic mass is 10.1. The third-order valence-electron chi connectivity index (χ3n) is 4.11. The average Bonchev–Trinajstić information content (AvgIpc) is 2.69. The second kappa shape index (κ2) is 8.92. The molecule has 1 aliphatic heterocycles. The number of nitrogens with zero attached hydrogens (tertiary/aromatic N) is 1. The van der Waals surface area contributed by atoms with Crippen LogP contribution in [-0.2, 0) is 11.3 Å². The zero-order chi connectivity index (χ0) is 18.4. The summed E-state index contributed by atoms with van der Waals surface area (Å²) in [5, 5.41) is 0.658. The SMILES string of the molecule is CCOc1ccc(C(=O)N2CCOCC2)cc1COc1ccc(Cl)cc1. The number of morpholine rings is 1. The monoisotopic (exact) mass is 375 g/mol. The summed E-state index contributed by atoms with van der Waals surface area (Å²) in [6, 6.07) is 12.7. The largest absolute Gasteiger partial charge is 0.493 e. The highest BCUT2D eigenvalue weighted by atomic mass is 35.5. The van der Waals surface area contributed by atoms with E-state index >= 15 is 0 Å². The van der Waals surface area contributed by atoms with Gasteiger partial charge in [0.1, 0.15) is 18.1 Å². The van der Waals surface area contributed by atoms with Crippen molar-refractivity contribution in [1.29, 1.82) is 0 Å². The van der Waals surface area contributed by atoms with Crippen molar-refractivity contribution in [3.63, 3.8) is 0 Å². The summed E-state index contributed by atoms with van der Waals surface area (Å²) in [5.41, 5.74) is 1.46. The molecule has 1 saturated heterocycles. The highest BCUT2D eigenvalue weighted by Crippen LogP contribution is 2.24. The van der Waals surface area contributed by atoms with Gasteiger partial charge in [-0.25, -0.2) is 0 Å². The molecule has 0 bridgehead atoms. The molecule has 0 atom stereocenters. The van der Waals surface area contributed by atoms with E-state index in [1.807, 2.05) is 36.1 Å². The van der Waals surface area contributed by atoms with Gasteiger partial charge in [0.25, 0.3) is 5.91 Å². The van der Waals surface area contributed by atoms with Gasteiger partial charge in [-0.05, 0) is 49.4 Å². The Kier molecular flexibility index (Phi) is 6.36. The molecule has 138 valence electrons. The fraction of sp³-hybridized carbons (Fsp3) is 0.350. The first-order valence-electron chi connectivity index (χ1n) is 8.68. The Morgan fingerprint density at radius 1 is 1.12 bits per heavy atom. The van der Waals surface area contributed by atoms with Gasteiger partial charge in [0.05, 0.1) is 19.8 Å². The predicted molar refractivity (Wildman–Crippen MR) is 100 cm³/mol. The molecule has 3 rings (SSSR count). The van der Waals surface area contributed by atoms with E-state index in [0.29, 0.717) is 55.9 Å². The lowest BCUT2D eigenvalue weighted by Gasteiger charge is -2.27. The van der Waals surface area contributed by atoms with E-state index in [2.05, 4.69) is 0 Å². The molecule has 0 spiro atoms. The smallest absolute Gasteiger partial charge is 0.254 e. The molecule has 1 fully saturated rings. The molecular formula is C20H22ClNO4. The molecule has 1 amide bonds. The average molecular weight is 376 g/mol. The summed E-state index contributed by atoms with van der Waals surface area (Å²) in [4.78, 5) is 14.5. The number of carbonyl (C=O) groups is 1. The molecule has 1 aliphatic rings. The first-order chi connectivity index (χ1) is 12.7. The van der Waals surface area contributed by atoms with Crippen LogP contribution in [0.4, 0.5) is 0 Å². The fourth-order valence-electron chi connectivity index (χ4n) is 2.76. The van der Waals surface area contributed by atoms with Crippen molar-refractivity contribution in [2.45, 2.75) is 13.5 Å². The number of amides is 1. The summed E-state index contributed by atoms with van der Waals surface area (Å²) >= 11 is 5.90. The van der Waals surface area contributed by atoms with E-state index in [9.17, 15) is 4.79 Å². The van der Waals surface area contributed by atoms with Gasteiger partial charge >= 0.3 is 0 Å². The summed E-state index contributed by atoms with van der Waals surface area (Å²) in [6.45, 7) is 5.17. The number of carbonyl (C=O) groups excluding carboxylic acids is 1. The topological polar surface area (TPSA) is 48.0 Å².